The highest BCUT2D eigenvalue weighted by Crippen LogP contribution is 2.16. The summed E-state index contributed by atoms with van der Waals surface area (Å²) < 4.78 is 5.06. The van der Waals surface area contributed by atoms with E-state index < -0.39 is 0 Å². The molecule has 0 aliphatic rings. The molecule has 0 saturated carbocycles. The zero-order valence-corrected chi connectivity index (χ0v) is 12.4. The van der Waals surface area contributed by atoms with Crippen LogP contribution in [0.25, 0.3) is 0 Å². The topological polar surface area (TPSA) is 63.2 Å². The molecule has 0 atom stereocenters. The van der Waals surface area contributed by atoms with Crippen LogP contribution in [-0.4, -0.2) is 25.0 Å². The van der Waals surface area contributed by atoms with Gasteiger partial charge >= 0.3 is 0 Å². The summed E-state index contributed by atoms with van der Waals surface area (Å²) in [6.45, 7) is 2.40. The van der Waals surface area contributed by atoms with Crippen LogP contribution in [-0.2, 0) is 6.54 Å². The molecular weight excluding hydrogens is 266 g/mol. The largest absolute Gasteiger partial charge is 0.481 e. The summed E-state index contributed by atoms with van der Waals surface area (Å²) in [5, 5.41) is 5.97. The third kappa shape index (κ3) is 3.72. The lowest BCUT2D eigenvalue weighted by molar-refractivity contribution is 0.0951. The van der Waals surface area contributed by atoms with Crippen molar-refractivity contribution in [3.63, 3.8) is 0 Å². The Kier molecular flexibility index (Phi) is 4.77. The highest BCUT2D eigenvalue weighted by atomic mass is 16.5. The fraction of sp³-hybridized carbons (Fsp3) is 0.250. The Morgan fingerprint density at radius 1 is 1.29 bits per heavy atom. The normalized spacial score (nSPS) is 10.0. The van der Waals surface area contributed by atoms with Crippen molar-refractivity contribution in [3.05, 3.63) is 53.2 Å². The van der Waals surface area contributed by atoms with Crippen LogP contribution in [0.15, 0.2) is 36.5 Å². The van der Waals surface area contributed by atoms with E-state index in [0.29, 0.717) is 18.0 Å². The Morgan fingerprint density at radius 2 is 2.10 bits per heavy atom. The number of nitrogens with one attached hydrogen (secondary N) is 2. The maximum Gasteiger partial charge on any atom is 0.251 e. The van der Waals surface area contributed by atoms with Crippen LogP contribution in [0.3, 0.4) is 0 Å². The average Bonchev–Trinajstić information content (AvgIpc) is 2.52. The monoisotopic (exact) mass is 285 g/mol. The highest BCUT2D eigenvalue weighted by Gasteiger charge is 2.07. The lowest BCUT2D eigenvalue weighted by atomic mass is 10.1. The lowest BCUT2D eigenvalue weighted by Gasteiger charge is -2.09. The second-order valence-corrected chi connectivity index (χ2v) is 4.67. The molecule has 110 valence electrons. The Balaban J connectivity index is 2.02. The van der Waals surface area contributed by atoms with Gasteiger partial charge in [0.05, 0.1) is 7.11 Å². The van der Waals surface area contributed by atoms with Gasteiger partial charge in [-0.15, -0.1) is 0 Å². The van der Waals surface area contributed by atoms with Crippen LogP contribution in [0.5, 0.6) is 5.88 Å². The number of aromatic nitrogens is 1. The zero-order chi connectivity index (χ0) is 15.2. The number of benzene rings is 1. The lowest BCUT2D eigenvalue weighted by Crippen LogP contribution is -2.23. The maximum atomic E-state index is 12.1. The van der Waals surface area contributed by atoms with Crippen molar-refractivity contribution < 1.29 is 9.53 Å². The first-order valence-corrected chi connectivity index (χ1v) is 6.69. The van der Waals surface area contributed by atoms with Gasteiger partial charge in [-0.3, -0.25) is 4.79 Å². The molecule has 1 aromatic carbocycles. The summed E-state index contributed by atoms with van der Waals surface area (Å²) in [5.41, 5.74) is 3.65. The molecule has 1 heterocycles. The van der Waals surface area contributed by atoms with E-state index in [-0.39, 0.29) is 5.91 Å². The molecule has 2 N–H and O–H groups in total. The van der Waals surface area contributed by atoms with Gasteiger partial charge < -0.3 is 15.4 Å². The number of rotatable bonds is 5. The molecule has 0 spiro atoms. The van der Waals surface area contributed by atoms with E-state index in [1.165, 1.54) is 0 Å². The molecule has 0 fully saturated rings. The van der Waals surface area contributed by atoms with Crippen molar-refractivity contribution in [2.24, 2.45) is 0 Å². The van der Waals surface area contributed by atoms with Gasteiger partial charge in [-0.05, 0) is 42.3 Å². The van der Waals surface area contributed by atoms with Crippen LogP contribution in [0.2, 0.25) is 0 Å². The number of carbonyl (C=O) groups is 1. The number of nitrogens with zero attached hydrogens (tertiary/aromatic N) is 1. The van der Waals surface area contributed by atoms with E-state index in [1.54, 1.807) is 25.4 Å². The molecule has 0 saturated heterocycles. The molecular formula is C16H19N3O2. The molecule has 2 rings (SSSR count). The van der Waals surface area contributed by atoms with Gasteiger partial charge in [0, 0.05) is 37.1 Å². The highest BCUT2D eigenvalue weighted by molar-refractivity contribution is 5.94. The summed E-state index contributed by atoms with van der Waals surface area (Å²) in [6, 6.07) is 9.23. The van der Waals surface area contributed by atoms with Gasteiger partial charge in [-0.2, -0.15) is 0 Å². The van der Waals surface area contributed by atoms with Gasteiger partial charge in [-0.25, -0.2) is 4.98 Å². The van der Waals surface area contributed by atoms with Crippen molar-refractivity contribution in [2.75, 3.05) is 19.5 Å². The van der Waals surface area contributed by atoms with Gasteiger partial charge in [0.25, 0.3) is 5.91 Å². The second-order valence-electron chi connectivity index (χ2n) is 4.67. The van der Waals surface area contributed by atoms with E-state index in [4.69, 9.17) is 4.74 Å². The summed E-state index contributed by atoms with van der Waals surface area (Å²) >= 11 is 0. The molecule has 1 aromatic heterocycles. The van der Waals surface area contributed by atoms with Crippen molar-refractivity contribution in [3.8, 4) is 5.88 Å². The molecule has 5 nitrogen and oxygen atoms in total. The first kappa shape index (κ1) is 14.8. The van der Waals surface area contributed by atoms with E-state index in [0.717, 1.165) is 16.8 Å². The summed E-state index contributed by atoms with van der Waals surface area (Å²) in [6.07, 6.45) is 1.66. The fourth-order valence-electron chi connectivity index (χ4n) is 2.04. The van der Waals surface area contributed by atoms with Crippen LogP contribution >= 0.6 is 0 Å². The van der Waals surface area contributed by atoms with Crippen LogP contribution in [0.4, 0.5) is 5.69 Å². The standard InChI is InChI=1S/C16H19N3O2/c1-11-8-13(4-5-14(11)17-2)16(20)19-10-12-6-7-18-15(9-12)21-3/h4-9,17H,10H2,1-3H3,(H,19,20). The molecule has 5 heteroatoms. The number of carbonyl (C=O) groups excluding carboxylic acids is 1. The van der Waals surface area contributed by atoms with Crippen LogP contribution in [0, 0.1) is 6.92 Å². The molecule has 0 unspecified atom stereocenters. The molecule has 0 aliphatic carbocycles. The van der Waals surface area contributed by atoms with Crippen molar-refractivity contribution >= 4 is 11.6 Å². The number of ether oxygens (including phenoxy) is 1. The first-order valence-electron chi connectivity index (χ1n) is 6.69. The maximum absolute atomic E-state index is 12.1. The summed E-state index contributed by atoms with van der Waals surface area (Å²) in [7, 11) is 3.43. The Morgan fingerprint density at radius 3 is 2.76 bits per heavy atom. The zero-order valence-electron chi connectivity index (χ0n) is 12.4. The van der Waals surface area contributed by atoms with Gasteiger partial charge in [-0.1, -0.05) is 0 Å². The second kappa shape index (κ2) is 6.74. The summed E-state index contributed by atoms with van der Waals surface area (Å²) in [5.74, 6) is 0.437. The number of pyridine rings is 1. The smallest absolute Gasteiger partial charge is 0.251 e. The Labute approximate surface area is 124 Å². The molecule has 1 amide bonds. The minimum absolute atomic E-state index is 0.100. The molecule has 0 aliphatic heterocycles. The van der Waals surface area contributed by atoms with E-state index >= 15 is 0 Å². The molecule has 21 heavy (non-hydrogen) atoms. The Bertz CT molecular complexity index is 641. The minimum atomic E-state index is -0.100. The quantitative estimate of drug-likeness (QED) is 0.885. The van der Waals surface area contributed by atoms with Gasteiger partial charge in [0.2, 0.25) is 5.88 Å². The van der Waals surface area contributed by atoms with Crippen LogP contribution < -0.4 is 15.4 Å². The summed E-state index contributed by atoms with van der Waals surface area (Å²) in [4.78, 5) is 16.2. The van der Waals surface area contributed by atoms with Crippen molar-refractivity contribution in [1.29, 1.82) is 0 Å². The molecule has 0 radical (unpaired) electrons. The average molecular weight is 285 g/mol. The fourth-order valence-corrected chi connectivity index (χ4v) is 2.04. The van der Waals surface area contributed by atoms with Crippen LogP contribution in [0.1, 0.15) is 21.5 Å². The number of hydrogen-bond donors (Lipinski definition) is 2. The Hall–Kier alpha value is -2.56. The predicted octanol–water partition coefficient (Wildman–Crippen LogP) is 2.37. The number of aryl methyl sites for hydroxylation is 1. The molecule has 0 bridgehead atoms. The number of amides is 1. The third-order valence-corrected chi connectivity index (χ3v) is 3.22. The van der Waals surface area contributed by atoms with Gasteiger partial charge in [0.15, 0.2) is 0 Å². The van der Waals surface area contributed by atoms with E-state index in [1.807, 2.05) is 32.2 Å². The van der Waals surface area contributed by atoms with E-state index in [2.05, 4.69) is 15.6 Å². The molecule has 2 aromatic rings. The third-order valence-electron chi connectivity index (χ3n) is 3.22. The number of hydrogen-bond acceptors (Lipinski definition) is 4. The number of methoxy groups -OCH3 is 1. The van der Waals surface area contributed by atoms with Crippen molar-refractivity contribution in [2.45, 2.75) is 13.5 Å². The first-order chi connectivity index (χ1) is 10.1. The van der Waals surface area contributed by atoms with Gasteiger partial charge in [0.1, 0.15) is 0 Å². The van der Waals surface area contributed by atoms with E-state index in [9.17, 15) is 4.79 Å². The minimum Gasteiger partial charge on any atom is -0.481 e. The van der Waals surface area contributed by atoms with Crippen molar-refractivity contribution in [1.82, 2.24) is 10.3 Å². The number of anilines is 1. The predicted molar refractivity (Wildman–Crippen MR) is 82.7 cm³/mol. The SMILES string of the molecule is CNc1ccc(C(=O)NCc2ccnc(OC)c2)cc1C.